The summed E-state index contributed by atoms with van der Waals surface area (Å²) in [5.74, 6) is -0.354. The lowest BCUT2D eigenvalue weighted by Crippen LogP contribution is -2.14. The van der Waals surface area contributed by atoms with Crippen LogP contribution in [0.15, 0.2) is 22.1 Å². The Kier molecular flexibility index (Phi) is 2.52. The smallest absolute Gasteiger partial charge is 0.223 e. The number of thiophene rings is 1. The number of hydrogen-bond donors (Lipinski definition) is 1. The van der Waals surface area contributed by atoms with Crippen molar-refractivity contribution >= 4 is 43.3 Å². The lowest BCUT2D eigenvalue weighted by Gasteiger charge is -1.97. The number of nitrogens with two attached hydrogens (primary N) is 1. The van der Waals surface area contributed by atoms with Crippen LogP contribution < -0.4 is 5.73 Å². The summed E-state index contributed by atoms with van der Waals surface area (Å²) in [5.41, 5.74) is 5.88. The average molecular weight is 271 g/mol. The van der Waals surface area contributed by atoms with Crippen LogP contribution in [0.1, 0.15) is 5.69 Å². The topological polar surface area (TPSA) is 56.0 Å². The van der Waals surface area contributed by atoms with Gasteiger partial charge in [-0.2, -0.15) is 0 Å². The third-order valence-electron chi connectivity index (χ3n) is 1.84. The largest absolute Gasteiger partial charge is 0.369 e. The molecule has 5 heteroatoms. The van der Waals surface area contributed by atoms with Crippen molar-refractivity contribution in [2.75, 3.05) is 0 Å². The maximum Gasteiger partial charge on any atom is 0.223 e. The number of carbonyl (C=O) groups excluding carboxylic acids is 1. The molecule has 1 amide bonds. The molecule has 2 N–H and O–H groups in total. The lowest BCUT2D eigenvalue weighted by atomic mass is 10.2. The van der Waals surface area contributed by atoms with Crippen molar-refractivity contribution < 1.29 is 4.79 Å². The summed E-state index contributed by atoms with van der Waals surface area (Å²) in [6.07, 6.45) is 1.89. The average Bonchev–Trinajstić information content (AvgIpc) is 2.45. The van der Waals surface area contributed by atoms with E-state index >= 15 is 0 Å². The third-order valence-corrected chi connectivity index (χ3v) is 3.44. The van der Waals surface area contributed by atoms with Gasteiger partial charge in [0.05, 0.1) is 15.9 Å². The number of rotatable bonds is 2. The second-order valence-corrected chi connectivity index (χ2v) is 5.33. The van der Waals surface area contributed by atoms with E-state index in [0.29, 0.717) is 0 Å². The zero-order chi connectivity index (χ0) is 10.1. The van der Waals surface area contributed by atoms with E-state index < -0.39 is 0 Å². The Labute approximate surface area is 93.1 Å². The van der Waals surface area contributed by atoms with Crippen LogP contribution >= 0.6 is 27.3 Å². The molecule has 72 valence electrons. The first-order chi connectivity index (χ1) is 6.66. The van der Waals surface area contributed by atoms with Crippen molar-refractivity contribution in [3.05, 3.63) is 27.8 Å². The Morgan fingerprint density at radius 3 is 3.14 bits per heavy atom. The Bertz CT molecular complexity index is 495. The molecule has 2 rings (SSSR count). The van der Waals surface area contributed by atoms with Gasteiger partial charge < -0.3 is 5.73 Å². The molecule has 0 saturated carbocycles. The maximum atomic E-state index is 10.8. The summed E-state index contributed by atoms with van der Waals surface area (Å²) in [6.45, 7) is 0. The van der Waals surface area contributed by atoms with Gasteiger partial charge in [-0.25, -0.2) is 0 Å². The molecule has 0 atom stereocenters. The number of aromatic nitrogens is 1. The molecule has 0 bridgehead atoms. The minimum Gasteiger partial charge on any atom is -0.369 e. The minimum atomic E-state index is -0.354. The van der Waals surface area contributed by atoms with Crippen LogP contribution in [0.5, 0.6) is 0 Å². The second kappa shape index (κ2) is 3.67. The highest BCUT2D eigenvalue weighted by Crippen LogP contribution is 2.30. The van der Waals surface area contributed by atoms with Crippen LogP contribution in [0.25, 0.3) is 10.1 Å². The van der Waals surface area contributed by atoms with Crippen molar-refractivity contribution in [2.24, 2.45) is 5.73 Å². The van der Waals surface area contributed by atoms with E-state index in [1.165, 1.54) is 0 Å². The molecular weight excluding hydrogens is 264 g/mol. The molecule has 14 heavy (non-hydrogen) atoms. The van der Waals surface area contributed by atoms with Crippen molar-refractivity contribution in [3.8, 4) is 0 Å². The minimum absolute atomic E-state index is 0.195. The molecule has 0 aliphatic carbocycles. The molecule has 0 aliphatic rings. The fraction of sp³-hybridized carbons (Fsp3) is 0.111. The molecule has 2 heterocycles. The van der Waals surface area contributed by atoms with Crippen LogP contribution in [-0.4, -0.2) is 10.9 Å². The van der Waals surface area contributed by atoms with Crippen LogP contribution in [-0.2, 0) is 11.2 Å². The number of primary amides is 1. The van der Waals surface area contributed by atoms with Crippen LogP contribution in [0.4, 0.5) is 0 Å². The molecule has 2 aromatic rings. The molecule has 0 saturated heterocycles. The Morgan fingerprint density at radius 1 is 1.64 bits per heavy atom. The summed E-state index contributed by atoms with van der Waals surface area (Å²) in [4.78, 5) is 14.9. The summed E-state index contributed by atoms with van der Waals surface area (Å²) in [6, 6.07) is 3.89. The number of pyridine rings is 1. The predicted octanol–water partition coefficient (Wildman–Crippen LogP) is 2.09. The highest BCUT2D eigenvalue weighted by Gasteiger charge is 2.07. The summed E-state index contributed by atoms with van der Waals surface area (Å²) in [5, 5.41) is 1.00. The van der Waals surface area contributed by atoms with Gasteiger partial charge in [-0.05, 0) is 28.1 Å². The molecular formula is C9H7BrN2OS. The zero-order valence-electron chi connectivity index (χ0n) is 7.16. The summed E-state index contributed by atoms with van der Waals surface area (Å²) >= 11 is 5.02. The van der Waals surface area contributed by atoms with Gasteiger partial charge >= 0.3 is 0 Å². The fourth-order valence-electron chi connectivity index (χ4n) is 1.29. The van der Waals surface area contributed by atoms with Crippen molar-refractivity contribution in [1.82, 2.24) is 4.98 Å². The maximum absolute atomic E-state index is 10.8. The SMILES string of the molecule is NC(=O)Cc1nccc2sc(Br)cc12. The normalized spacial score (nSPS) is 10.6. The standard InChI is InChI=1S/C9H7BrN2OS/c10-8-3-5-6(4-9(11)13)12-2-1-7(5)14-8/h1-3H,4H2,(H2,11,13). The summed E-state index contributed by atoms with van der Waals surface area (Å²) < 4.78 is 2.15. The second-order valence-electron chi connectivity index (χ2n) is 2.86. The number of carbonyl (C=O) groups is 1. The van der Waals surface area contributed by atoms with E-state index in [9.17, 15) is 4.79 Å². The highest BCUT2D eigenvalue weighted by molar-refractivity contribution is 9.11. The van der Waals surface area contributed by atoms with E-state index in [1.807, 2.05) is 12.1 Å². The number of halogens is 1. The molecule has 0 spiro atoms. The number of hydrogen-bond acceptors (Lipinski definition) is 3. The first kappa shape index (κ1) is 9.61. The van der Waals surface area contributed by atoms with Crippen LogP contribution in [0, 0.1) is 0 Å². The van der Waals surface area contributed by atoms with E-state index in [2.05, 4.69) is 20.9 Å². The van der Waals surface area contributed by atoms with Gasteiger partial charge in [0, 0.05) is 16.3 Å². The quantitative estimate of drug-likeness (QED) is 0.909. The Balaban J connectivity index is 2.58. The monoisotopic (exact) mass is 270 g/mol. The van der Waals surface area contributed by atoms with E-state index in [4.69, 9.17) is 5.73 Å². The van der Waals surface area contributed by atoms with Crippen LogP contribution in [0.3, 0.4) is 0 Å². The molecule has 0 aromatic carbocycles. The van der Waals surface area contributed by atoms with Crippen LogP contribution in [0.2, 0.25) is 0 Å². The molecule has 0 unspecified atom stereocenters. The van der Waals surface area contributed by atoms with E-state index in [1.54, 1.807) is 17.5 Å². The van der Waals surface area contributed by atoms with Gasteiger partial charge in [-0.15, -0.1) is 11.3 Å². The van der Waals surface area contributed by atoms with Gasteiger partial charge in [0.25, 0.3) is 0 Å². The first-order valence-electron chi connectivity index (χ1n) is 3.98. The number of nitrogens with zero attached hydrogens (tertiary/aromatic N) is 1. The molecule has 3 nitrogen and oxygen atoms in total. The molecule has 0 fully saturated rings. The molecule has 0 aliphatic heterocycles. The molecule has 0 radical (unpaired) electrons. The first-order valence-corrected chi connectivity index (χ1v) is 5.59. The molecule has 2 aromatic heterocycles. The third kappa shape index (κ3) is 1.78. The lowest BCUT2D eigenvalue weighted by molar-refractivity contribution is -0.117. The zero-order valence-corrected chi connectivity index (χ0v) is 9.56. The van der Waals surface area contributed by atoms with Gasteiger partial charge in [-0.3, -0.25) is 9.78 Å². The van der Waals surface area contributed by atoms with Crippen molar-refractivity contribution in [2.45, 2.75) is 6.42 Å². The number of amides is 1. The van der Waals surface area contributed by atoms with Gasteiger partial charge in [0.15, 0.2) is 0 Å². The Morgan fingerprint density at radius 2 is 2.43 bits per heavy atom. The Hall–Kier alpha value is -0.940. The predicted molar refractivity (Wildman–Crippen MR) is 60.2 cm³/mol. The van der Waals surface area contributed by atoms with Crippen molar-refractivity contribution in [3.63, 3.8) is 0 Å². The van der Waals surface area contributed by atoms with Gasteiger partial charge in [0.1, 0.15) is 0 Å². The number of fused-ring (bicyclic) bond motifs is 1. The van der Waals surface area contributed by atoms with Gasteiger partial charge in [-0.1, -0.05) is 0 Å². The van der Waals surface area contributed by atoms with E-state index in [-0.39, 0.29) is 12.3 Å². The van der Waals surface area contributed by atoms with Crippen molar-refractivity contribution in [1.29, 1.82) is 0 Å². The fourth-order valence-corrected chi connectivity index (χ4v) is 2.85. The highest BCUT2D eigenvalue weighted by atomic mass is 79.9. The van der Waals surface area contributed by atoms with E-state index in [0.717, 1.165) is 19.6 Å². The summed E-state index contributed by atoms with van der Waals surface area (Å²) in [7, 11) is 0. The van der Waals surface area contributed by atoms with Gasteiger partial charge in [0.2, 0.25) is 5.91 Å².